The fourth-order valence-electron chi connectivity index (χ4n) is 6.08. The number of pyridine rings is 8. The molecule has 0 saturated carbocycles. The van der Waals surface area contributed by atoms with E-state index >= 15 is 0 Å². The smallest absolute Gasteiger partial charge is 0.0965 e. The molecule has 0 spiro atoms. The molecule has 0 aliphatic carbocycles. The lowest BCUT2D eigenvalue weighted by atomic mass is 10.0. The lowest BCUT2D eigenvalue weighted by molar-refractivity contribution is 1.23. The Hall–Kier alpha value is -7.06. The lowest BCUT2D eigenvalue weighted by Gasteiger charge is -2.11. The van der Waals surface area contributed by atoms with Crippen molar-refractivity contribution in [2.75, 3.05) is 0 Å². The average molecular weight is 643 g/mol. The van der Waals surface area contributed by atoms with Crippen molar-refractivity contribution in [2.45, 2.75) is 0 Å². The lowest BCUT2D eigenvalue weighted by Crippen LogP contribution is -1.95. The van der Waals surface area contributed by atoms with Gasteiger partial charge >= 0.3 is 0 Å². The normalized spacial score (nSPS) is 11.2. The molecular weight excluding hydrogens is 617 g/mol. The van der Waals surface area contributed by atoms with Crippen LogP contribution in [0.2, 0.25) is 0 Å². The minimum absolute atomic E-state index is 0.767. The summed E-state index contributed by atoms with van der Waals surface area (Å²) in [6, 6.07) is 40.0. The first-order chi connectivity index (χ1) is 24.7. The molecule has 0 unspecified atom stereocenters. The van der Waals surface area contributed by atoms with Gasteiger partial charge in [0.2, 0.25) is 0 Å². The second-order valence-corrected chi connectivity index (χ2v) is 11.8. The van der Waals surface area contributed by atoms with E-state index in [-0.39, 0.29) is 0 Å². The third kappa shape index (κ3) is 5.61. The molecule has 0 saturated heterocycles. The predicted octanol–water partition coefficient (Wildman–Crippen LogP) is 9.15. The van der Waals surface area contributed by atoms with Crippen molar-refractivity contribution in [3.63, 3.8) is 0 Å². The Morgan fingerprint density at radius 1 is 0.280 bits per heavy atom. The maximum absolute atomic E-state index is 5.01. The van der Waals surface area contributed by atoms with Crippen molar-refractivity contribution in [3.05, 3.63) is 159 Å². The fraction of sp³-hybridized carbons (Fsp3) is 0. The van der Waals surface area contributed by atoms with Crippen molar-refractivity contribution < 1.29 is 0 Å². The van der Waals surface area contributed by atoms with E-state index in [1.54, 1.807) is 24.8 Å². The maximum Gasteiger partial charge on any atom is 0.0965 e. The monoisotopic (exact) mass is 642 g/mol. The van der Waals surface area contributed by atoms with Gasteiger partial charge in [-0.25, -0.2) is 9.97 Å². The Balaban J connectivity index is 1.13. The Morgan fingerprint density at radius 3 is 1.04 bits per heavy atom. The summed E-state index contributed by atoms with van der Waals surface area (Å²) in [5.74, 6) is 0. The van der Waals surface area contributed by atoms with Crippen LogP contribution in [0.5, 0.6) is 0 Å². The summed E-state index contributed by atoms with van der Waals surface area (Å²) in [6.07, 6.45) is 10.9. The molecule has 0 aliphatic heterocycles. The summed E-state index contributed by atoms with van der Waals surface area (Å²) in [6.45, 7) is 0. The zero-order chi connectivity index (χ0) is 33.3. The largest absolute Gasteiger partial charge is 0.256 e. The van der Waals surface area contributed by atoms with E-state index in [1.807, 2.05) is 97.3 Å². The Morgan fingerprint density at radius 2 is 0.660 bits per heavy atom. The number of aromatic nitrogens is 8. The minimum Gasteiger partial charge on any atom is -0.256 e. The van der Waals surface area contributed by atoms with E-state index in [9.17, 15) is 0 Å². The van der Waals surface area contributed by atoms with Crippen LogP contribution in [0.15, 0.2) is 159 Å². The molecule has 8 nitrogen and oxygen atoms in total. The van der Waals surface area contributed by atoms with Crippen LogP contribution in [0.1, 0.15) is 0 Å². The van der Waals surface area contributed by atoms with Gasteiger partial charge in [0.15, 0.2) is 0 Å². The second-order valence-electron chi connectivity index (χ2n) is 11.8. The molecule has 9 rings (SSSR count). The Bertz CT molecular complexity index is 2330. The van der Waals surface area contributed by atoms with Gasteiger partial charge in [-0.3, -0.25) is 29.9 Å². The first-order valence-corrected chi connectivity index (χ1v) is 16.1. The number of nitrogens with zero attached hydrogens (tertiary/aromatic N) is 8. The molecule has 0 amide bonds. The molecule has 8 heteroatoms. The Labute approximate surface area is 287 Å². The molecule has 8 heterocycles. The van der Waals surface area contributed by atoms with E-state index < -0.39 is 0 Å². The Kier molecular flexibility index (Phi) is 7.29. The first kappa shape index (κ1) is 29.1. The molecule has 8 aromatic heterocycles. The summed E-state index contributed by atoms with van der Waals surface area (Å²) in [5, 5.41) is 1.93. The van der Waals surface area contributed by atoms with Gasteiger partial charge in [-0.1, -0.05) is 36.4 Å². The van der Waals surface area contributed by atoms with Crippen molar-refractivity contribution in [2.24, 2.45) is 0 Å². The summed E-state index contributed by atoms with van der Waals surface area (Å²) in [7, 11) is 0. The molecule has 0 N–H and O–H groups in total. The number of hydrogen-bond acceptors (Lipinski definition) is 8. The molecule has 0 fully saturated rings. The minimum atomic E-state index is 0.767. The predicted molar refractivity (Wildman–Crippen MR) is 196 cm³/mol. The number of hydrogen-bond donors (Lipinski definition) is 0. The SMILES string of the molecule is c1ccc(-c2cc(-c3cnc4c(ccc5cc(-c6cc(-c7ccccn7)cc(-c7ccccn7)n6)cnc54)c3)nc(-c3ccccn3)c2)nc1. The molecule has 0 atom stereocenters. The molecule has 234 valence electrons. The van der Waals surface area contributed by atoms with Gasteiger partial charge in [-0.05, 0) is 84.9 Å². The molecule has 0 bridgehead atoms. The zero-order valence-corrected chi connectivity index (χ0v) is 26.6. The van der Waals surface area contributed by atoms with Crippen LogP contribution < -0.4 is 0 Å². The summed E-state index contributed by atoms with van der Waals surface area (Å²) in [5.41, 5.74) is 11.7. The maximum atomic E-state index is 5.01. The summed E-state index contributed by atoms with van der Waals surface area (Å²) in [4.78, 5) is 38.2. The standard InChI is InChI=1S/C42H26N8/c1-5-15-43-33(9-1)29-21-37(49-39(23-29)35-11-3-7-17-45-35)31-19-27-13-14-28-20-32(26-48-42(28)41(27)47-25-31)38-22-30(34-10-2-6-16-44-34)24-40(50-38)36-12-4-8-18-46-36/h1-26H. The highest BCUT2D eigenvalue weighted by molar-refractivity contribution is 6.04. The first-order valence-electron chi connectivity index (χ1n) is 16.1. The van der Waals surface area contributed by atoms with Crippen LogP contribution in [-0.4, -0.2) is 39.9 Å². The van der Waals surface area contributed by atoms with Gasteiger partial charge in [0.05, 0.1) is 56.6 Å². The summed E-state index contributed by atoms with van der Waals surface area (Å²) < 4.78 is 0. The molecule has 50 heavy (non-hydrogen) atoms. The molecule has 1 aromatic carbocycles. The summed E-state index contributed by atoms with van der Waals surface area (Å²) >= 11 is 0. The van der Waals surface area contributed by atoms with E-state index in [0.717, 1.165) is 89.6 Å². The number of rotatable bonds is 6. The van der Waals surface area contributed by atoms with Crippen molar-refractivity contribution in [1.82, 2.24) is 39.9 Å². The van der Waals surface area contributed by atoms with Crippen molar-refractivity contribution >= 4 is 21.8 Å². The van der Waals surface area contributed by atoms with Gasteiger partial charge < -0.3 is 0 Å². The highest BCUT2D eigenvalue weighted by atomic mass is 14.8. The zero-order valence-electron chi connectivity index (χ0n) is 26.6. The van der Waals surface area contributed by atoms with Gasteiger partial charge in [0.1, 0.15) is 0 Å². The van der Waals surface area contributed by atoms with Crippen LogP contribution in [0.3, 0.4) is 0 Å². The van der Waals surface area contributed by atoms with E-state index in [2.05, 4.69) is 56.3 Å². The van der Waals surface area contributed by atoms with Crippen LogP contribution >= 0.6 is 0 Å². The van der Waals surface area contributed by atoms with Crippen LogP contribution in [0, 0.1) is 0 Å². The molecular formula is C42H26N8. The molecule has 0 radical (unpaired) electrons. The van der Waals surface area contributed by atoms with Crippen LogP contribution in [-0.2, 0) is 0 Å². The topological polar surface area (TPSA) is 103 Å². The number of benzene rings is 1. The molecule has 9 aromatic rings. The van der Waals surface area contributed by atoms with E-state index in [4.69, 9.17) is 19.9 Å². The van der Waals surface area contributed by atoms with Gasteiger partial charge in [0, 0.05) is 70.2 Å². The quantitative estimate of drug-likeness (QED) is 0.165. The average Bonchev–Trinajstić information content (AvgIpc) is 3.21. The highest BCUT2D eigenvalue weighted by Crippen LogP contribution is 2.33. The number of fused-ring (bicyclic) bond motifs is 3. The van der Waals surface area contributed by atoms with Gasteiger partial charge in [-0.2, -0.15) is 0 Å². The van der Waals surface area contributed by atoms with Crippen LogP contribution in [0.25, 0.3) is 89.6 Å². The third-order valence-electron chi connectivity index (χ3n) is 8.52. The van der Waals surface area contributed by atoms with Crippen LogP contribution in [0.4, 0.5) is 0 Å². The van der Waals surface area contributed by atoms with Crippen molar-refractivity contribution in [3.8, 4) is 67.8 Å². The second kappa shape index (κ2) is 12.5. The van der Waals surface area contributed by atoms with Crippen molar-refractivity contribution in [1.29, 1.82) is 0 Å². The van der Waals surface area contributed by atoms with Gasteiger partial charge in [0.25, 0.3) is 0 Å². The van der Waals surface area contributed by atoms with E-state index in [1.165, 1.54) is 0 Å². The molecule has 0 aliphatic rings. The van der Waals surface area contributed by atoms with E-state index in [0.29, 0.717) is 0 Å². The fourth-order valence-corrected chi connectivity index (χ4v) is 6.08. The van der Waals surface area contributed by atoms with Gasteiger partial charge in [-0.15, -0.1) is 0 Å². The highest BCUT2D eigenvalue weighted by Gasteiger charge is 2.15. The third-order valence-corrected chi connectivity index (χ3v) is 8.52.